The number of hydrogen-bond donors (Lipinski definition) is 0. The molecular weight excluding hydrogens is 129 g/mol. The molecule has 0 aliphatic heterocycles. The quantitative estimate of drug-likeness (QED) is 0.517. The van der Waals surface area contributed by atoms with E-state index in [0.29, 0.717) is 7.61 Å². The van der Waals surface area contributed by atoms with Crippen molar-refractivity contribution in [3.8, 4) is 0 Å². The molecule has 3 unspecified atom stereocenters. The van der Waals surface area contributed by atoms with Crippen LogP contribution >= 0.6 is 24.5 Å². The Bertz CT molecular complexity index is 25.2. The van der Waals surface area contributed by atoms with Gasteiger partial charge in [0.2, 0.25) is 0 Å². The van der Waals surface area contributed by atoms with E-state index in [4.69, 9.17) is 0 Å². The first-order valence-corrected chi connectivity index (χ1v) is 7.61. The minimum atomic E-state index is 0.415. The highest BCUT2D eigenvalue weighted by molar-refractivity contribution is 8.44. The van der Waals surface area contributed by atoms with E-state index in [9.17, 15) is 0 Å². The lowest BCUT2D eigenvalue weighted by atomic mass is 11.0. The van der Waals surface area contributed by atoms with Gasteiger partial charge in [-0.3, -0.25) is 0 Å². The highest BCUT2D eigenvalue weighted by Crippen LogP contribution is 2.56. The maximum Gasteiger partial charge on any atom is -0.0317 e. The van der Waals surface area contributed by atoms with Crippen LogP contribution in [0.1, 0.15) is 6.92 Å². The van der Waals surface area contributed by atoms with Crippen LogP contribution in [0.5, 0.6) is 0 Å². The van der Waals surface area contributed by atoms with Crippen LogP contribution in [0.4, 0.5) is 0 Å². The van der Waals surface area contributed by atoms with Crippen LogP contribution in [0.2, 0.25) is 0 Å². The molecule has 0 bridgehead atoms. The summed E-state index contributed by atoms with van der Waals surface area (Å²) in [5, 5.41) is 0. The molecule has 0 spiro atoms. The van der Waals surface area contributed by atoms with Crippen molar-refractivity contribution in [3.63, 3.8) is 0 Å². The number of rotatable bonds is 2. The van der Waals surface area contributed by atoms with Crippen molar-refractivity contribution in [2.75, 3.05) is 12.8 Å². The van der Waals surface area contributed by atoms with Gasteiger partial charge in [-0.25, -0.2) is 0 Å². The van der Waals surface area contributed by atoms with Gasteiger partial charge in [-0.1, -0.05) is 22.5 Å². The lowest BCUT2D eigenvalue weighted by Gasteiger charge is -2.00. The molecule has 0 aliphatic rings. The van der Waals surface area contributed by atoms with Gasteiger partial charge >= 0.3 is 0 Å². The SMILES string of the molecule is CCP(C)PP. The maximum atomic E-state index is 2.80. The summed E-state index contributed by atoms with van der Waals surface area (Å²) in [6.45, 7) is 4.59. The van der Waals surface area contributed by atoms with Gasteiger partial charge in [0.05, 0.1) is 0 Å². The Balaban J connectivity index is 2.75. The summed E-state index contributed by atoms with van der Waals surface area (Å²) in [4.78, 5) is 0. The molecule has 0 saturated carbocycles. The molecule has 0 heterocycles. The maximum absolute atomic E-state index is 2.80. The molecule has 0 fully saturated rings. The van der Waals surface area contributed by atoms with Gasteiger partial charge in [0, 0.05) is 0 Å². The van der Waals surface area contributed by atoms with Crippen LogP contribution < -0.4 is 0 Å². The van der Waals surface area contributed by atoms with Crippen molar-refractivity contribution in [2.24, 2.45) is 0 Å². The van der Waals surface area contributed by atoms with E-state index in [0.717, 1.165) is 7.96 Å². The predicted octanol–water partition coefficient (Wildman–Crippen LogP) is 2.50. The second-order valence-electron chi connectivity index (χ2n) is 1.14. The summed E-state index contributed by atoms with van der Waals surface area (Å²) in [6, 6.07) is 0. The standard InChI is InChI=1S/C3H11P3/c1-3-6(2)5-4/h5H,3-4H2,1-2H3. The average Bonchev–Trinajstić information content (AvgIpc) is 1.65. The first-order valence-electron chi connectivity index (χ1n) is 1.98. The molecular formula is C3H11P3. The molecule has 0 amide bonds. The molecule has 0 aromatic carbocycles. The Morgan fingerprint density at radius 2 is 2.33 bits per heavy atom. The highest BCUT2D eigenvalue weighted by atomic mass is 32.4. The van der Waals surface area contributed by atoms with E-state index in [1.807, 2.05) is 0 Å². The molecule has 0 aromatic heterocycles. The smallest absolute Gasteiger partial charge is 0.0317 e. The second kappa shape index (κ2) is 4.45. The van der Waals surface area contributed by atoms with Gasteiger partial charge in [0.25, 0.3) is 0 Å². The molecule has 3 heteroatoms. The van der Waals surface area contributed by atoms with E-state index in [1.165, 1.54) is 6.16 Å². The Hall–Kier alpha value is 1.29. The van der Waals surface area contributed by atoms with Crippen LogP contribution in [-0.4, -0.2) is 12.8 Å². The fourth-order valence-electron chi connectivity index (χ4n) is 0.0913. The van der Waals surface area contributed by atoms with Gasteiger partial charge in [-0.2, -0.15) is 0 Å². The predicted molar refractivity (Wildman–Crippen MR) is 41.4 cm³/mol. The largest absolute Gasteiger partial charge is 0.110 e. The first kappa shape index (κ1) is 7.29. The van der Waals surface area contributed by atoms with E-state index in [1.54, 1.807) is 0 Å². The minimum Gasteiger partial charge on any atom is -0.110 e. The molecule has 0 radical (unpaired) electrons. The third-order valence-corrected chi connectivity index (χ3v) is 8.32. The van der Waals surface area contributed by atoms with Gasteiger partial charge < -0.3 is 0 Å². The second-order valence-corrected chi connectivity index (χ2v) is 8.82. The van der Waals surface area contributed by atoms with E-state index in [-0.39, 0.29) is 0 Å². The fourth-order valence-corrected chi connectivity index (χ4v) is 2.46. The third kappa shape index (κ3) is 3.48. The summed E-state index contributed by atoms with van der Waals surface area (Å²) in [7, 11) is 4.32. The van der Waals surface area contributed by atoms with Crippen LogP contribution in [0.3, 0.4) is 0 Å². The summed E-state index contributed by atoms with van der Waals surface area (Å²) in [6.07, 6.45) is 1.39. The fraction of sp³-hybridized carbons (Fsp3) is 1.00. The van der Waals surface area contributed by atoms with Crippen molar-refractivity contribution < 1.29 is 0 Å². The molecule has 0 saturated heterocycles. The highest BCUT2D eigenvalue weighted by Gasteiger charge is 1.87. The Labute approximate surface area is 45.0 Å². The third-order valence-electron chi connectivity index (χ3n) is 0.695. The van der Waals surface area contributed by atoms with E-state index < -0.39 is 0 Å². The van der Waals surface area contributed by atoms with Gasteiger partial charge in [0.1, 0.15) is 0 Å². The molecule has 3 atom stereocenters. The van der Waals surface area contributed by atoms with Crippen LogP contribution in [0.15, 0.2) is 0 Å². The van der Waals surface area contributed by atoms with Crippen LogP contribution in [0, 0.1) is 0 Å². The summed E-state index contributed by atoms with van der Waals surface area (Å²) in [5.41, 5.74) is 0. The van der Waals surface area contributed by atoms with Crippen LogP contribution in [0.25, 0.3) is 0 Å². The molecule has 0 N–H and O–H groups in total. The monoisotopic (exact) mass is 140 g/mol. The van der Waals surface area contributed by atoms with Gasteiger partial charge in [-0.15, -0.1) is 8.93 Å². The average molecular weight is 140 g/mol. The lowest BCUT2D eigenvalue weighted by Crippen LogP contribution is -1.59. The number of hydrogen-bond acceptors (Lipinski definition) is 0. The van der Waals surface area contributed by atoms with Crippen molar-refractivity contribution in [1.29, 1.82) is 0 Å². The van der Waals surface area contributed by atoms with Crippen LogP contribution in [-0.2, 0) is 0 Å². The van der Waals surface area contributed by atoms with E-state index in [2.05, 4.69) is 22.5 Å². The first-order chi connectivity index (χ1) is 2.81. The minimum absolute atomic E-state index is 0.415. The molecule has 0 aliphatic carbocycles. The summed E-state index contributed by atoms with van der Waals surface area (Å²) < 4.78 is 0. The lowest BCUT2D eigenvalue weighted by molar-refractivity contribution is 1.51. The summed E-state index contributed by atoms with van der Waals surface area (Å²) in [5.74, 6) is 0. The topological polar surface area (TPSA) is 0 Å². The van der Waals surface area contributed by atoms with Crippen molar-refractivity contribution >= 4 is 24.5 Å². The normalized spacial score (nSPS) is 16.5. The van der Waals surface area contributed by atoms with Gasteiger partial charge in [0.15, 0.2) is 0 Å². The Kier molecular flexibility index (Phi) is 5.41. The Morgan fingerprint density at radius 3 is 2.33 bits per heavy atom. The molecule has 38 valence electrons. The zero-order valence-corrected chi connectivity index (χ0v) is 7.28. The Morgan fingerprint density at radius 1 is 1.83 bits per heavy atom. The van der Waals surface area contributed by atoms with E-state index >= 15 is 0 Å². The van der Waals surface area contributed by atoms with Crippen molar-refractivity contribution in [2.45, 2.75) is 6.92 Å². The molecule has 0 aromatic rings. The zero-order valence-electron chi connectivity index (χ0n) is 4.23. The van der Waals surface area contributed by atoms with Gasteiger partial charge in [-0.05, 0) is 12.8 Å². The molecule has 0 rings (SSSR count). The van der Waals surface area contributed by atoms with Crippen molar-refractivity contribution in [3.05, 3.63) is 0 Å². The zero-order chi connectivity index (χ0) is 4.99. The molecule has 0 nitrogen and oxygen atoms in total. The summed E-state index contributed by atoms with van der Waals surface area (Å²) >= 11 is 0. The molecule has 6 heavy (non-hydrogen) atoms. The van der Waals surface area contributed by atoms with Crippen molar-refractivity contribution in [1.82, 2.24) is 0 Å².